The van der Waals surface area contributed by atoms with Crippen LogP contribution in [0.5, 0.6) is 34.5 Å². The fourth-order valence-corrected chi connectivity index (χ4v) is 24.5. The standard InChI is InChI=1S/C134H80N10O3/c1-4-32-80(33-5-1)81-65-69-85(70-66-81)125-136-126(141-128(140-125)99-47-28-58-112-120(99)145-116-62-23-20-54-108(116)132(112)103-50-16-12-41-94(103)95-42-13-17-51-104(95)132)86-71-67-82(68-72-86)90-39-10-11-40-91(90)89-74-76-107-102(79-89)96-43-14-18-52-105(96)133(107)109-55-21-24-63-117(109)146-121-100(48-29-59-113(121)133)129-138-123(83-34-6-2-7-35-83)137-127(143-129)97-46-26-38-87-78-88(73-75-92(87)97)93-45-27-57-111-119(93)98-44-15-19-53-106(98)134(111)110-56-22-25-64-118(110)147-122-101(49-30-60-114(122)134)130-139-124(84-36-8-3-9-37-84)142-131(144-130)115-61-31-77-135-115/h1-79,135H. The molecule has 3 aliphatic carbocycles. The maximum Gasteiger partial charge on any atom is 0.180 e. The van der Waals surface area contributed by atoms with Crippen LogP contribution in [0.2, 0.25) is 0 Å². The minimum atomic E-state index is -0.858. The molecule has 0 amide bonds. The molecule has 0 radical (unpaired) electrons. The van der Waals surface area contributed by atoms with Crippen LogP contribution in [0.25, 0.3) is 191 Å². The number of aromatic nitrogens is 10. The maximum atomic E-state index is 7.48. The van der Waals surface area contributed by atoms with Crippen molar-refractivity contribution >= 4 is 10.8 Å². The van der Waals surface area contributed by atoms with E-state index in [1.54, 1.807) is 0 Å². The highest BCUT2D eigenvalue weighted by Gasteiger charge is 2.56. The van der Waals surface area contributed by atoms with E-state index in [0.717, 1.165) is 201 Å². The smallest absolute Gasteiger partial charge is 0.180 e. The van der Waals surface area contributed by atoms with E-state index in [9.17, 15) is 0 Å². The van der Waals surface area contributed by atoms with E-state index in [0.29, 0.717) is 69.7 Å². The summed E-state index contributed by atoms with van der Waals surface area (Å²) < 4.78 is 22.0. The molecule has 6 aliphatic rings. The fraction of sp³-hybridized carbons (Fsp3) is 0.0224. The van der Waals surface area contributed by atoms with Crippen LogP contribution in [0.1, 0.15) is 66.8 Å². The number of para-hydroxylation sites is 6. The summed E-state index contributed by atoms with van der Waals surface area (Å²) in [5.74, 6) is 9.03. The molecule has 684 valence electrons. The topological polar surface area (TPSA) is 159 Å². The molecular formula is C134H80N10O3. The Morgan fingerprint density at radius 2 is 0.463 bits per heavy atom. The number of nitrogens with zero attached hydrogens (tertiary/aromatic N) is 9. The Labute approximate surface area is 846 Å². The van der Waals surface area contributed by atoms with Crippen molar-refractivity contribution < 1.29 is 14.2 Å². The molecular weight excluding hydrogens is 1800 g/mol. The summed E-state index contributed by atoms with van der Waals surface area (Å²) in [6, 6.07) is 168. The van der Waals surface area contributed by atoms with Crippen molar-refractivity contribution in [3.05, 3.63) is 546 Å². The van der Waals surface area contributed by atoms with Crippen LogP contribution in [0.4, 0.5) is 0 Å². The van der Waals surface area contributed by atoms with Crippen molar-refractivity contribution in [1.82, 2.24) is 49.8 Å². The van der Waals surface area contributed by atoms with Crippen molar-refractivity contribution in [2.75, 3.05) is 0 Å². The first-order chi connectivity index (χ1) is 72.8. The first-order valence-electron chi connectivity index (χ1n) is 49.7. The molecule has 7 heterocycles. The lowest BCUT2D eigenvalue weighted by atomic mass is 9.65. The molecule has 24 aromatic rings. The molecule has 3 spiro atoms. The number of aromatic amines is 1. The summed E-state index contributed by atoms with van der Waals surface area (Å²) in [6.45, 7) is 0. The van der Waals surface area contributed by atoms with Crippen molar-refractivity contribution in [3.8, 4) is 215 Å². The predicted octanol–water partition coefficient (Wildman–Crippen LogP) is 31.8. The third-order valence-corrected chi connectivity index (χ3v) is 30.7. The molecule has 147 heavy (non-hydrogen) atoms. The van der Waals surface area contributed by atoms with E-state index < -0.39 is 16.2 Å². The predicted molar refractivity (Wildman–Crippen MR) is 581 cm³/mol. The normalized spacial score (nSPS) is 14.8. The van der Waals surface area contributed by atoms with E-state index in [1.807, 2.05) is 72.9 Å². The molecule has 0 fully saturated rings. The lowest BCUT2D eigenvalue weighted by molar-refractivity contribution is 0.437. The number of H-pyrrole nitrogens is 1. The van der Waals surface area contributed by atoms with Crippen LogP contribution in [-0.2, 0) is 16.2 Å². The Bertz CT molecular complexity index is 9570. The van der Waals surface area contributed by atoms with Gasteiger partial charge in [-0.25, -0.2) is 44.9 Å². The monoisotopic (exact) mass is 1880 g/mol. The van der Waals surface area contributed by atoms with Gasteiger partial charge in [0.25, 0.3) is 0 Å². The lowest BCUT2D eigenvalue weighted by Crippen LogP contribution is -2.32. The quantitative estimate of drug-likeness (QED) is 0.117. The average Bonchev–Trinajstić information content (AvgIpc) is 1.53. The van der Waals surface area contributed by atoms with E-state index in [1.165, 1.54) is 22.3 Å². The van der Waals surface area contributed by atoms with Gasteiger partial charge in [-0.3, -0.25) is 0 Å². The molecule has 2 atom stereocenters. The molecule has 0 bridgehead atoms. The summed E-state index contributed by atoms with van der Waals surface area (Å²) in [4.78, 5) is 51.8. The van der Waals surface area contributed by atoms with Gasteiger partial charge in [-0.2, -0.15) is 0 Å². The molecule has 1 N–H and O–H groups in total. The van der Waals surface area contributed by atoms with Gasteiger partial charge in [0.15, 0.2) is 52.4 Å². The number of rotatable bonds is 13. The molecule has 4 aromatic heterocycles. The van der Waals surface area contributed by atoms with Gasteiger partial charge in [-0.05, 0) is 183 Å². The van der Waals surface area contributed by atoms with Crippen molar-refractivity contribution in [2.24, 2.45) is 0 Å². The SMILES string of the molecule is c1ccc(-c2ccc(-c3nc(-c4ccc(-c5ccccc5-c5ccc6c(c5)-c5ccccc5C65c6ccccc6Oc6c(-c7nc(-c8ccccc8)nc(-c8cccc9cc(-c%10cccc%11c%10-c%10ccccc%10C%11%10c%11ccccc%11Oc%11c(-c%12nc(-c%13ccccc%13)nc(-c%13ccc[nH]%13)n%12)cccc%11%10)ccc89)n7)cccc65)cc4)nc(-c4cccc5c4Oc4ccccc4C54c5ccccc5-c5ccccc54)n3)cc2)cc1. The Morgan fingerprint density at radius 1 is 0.163 bits per heavy atom. The first kappa shape index (κ1) is 83.2. The molecule has 3 aliphatic heterocycles. The highest BCUT2D eigenvalue weighted by Crippen LogP contribution is 2.68. The minimum absolute atomic E-state index is 0.476. The van der Waals surface area contributed by atoms with Crippen LogP contribution in [0.15, 0.2) is 479 Å². The number of hydrogen-bond acceptors (Lipinski definition) is 12. The molecule has 13 heteroatoms. The molecule has 20 aromatic carbocycles. The number of nitrogens with one attached hydrogen (secondary N) is 1. The number of fused-ring (bicyclic) bond motifs is 28. The van der Waals surface area contributed by atoms with Crippen LogP contribution in [0, 0.1) is 0 Å². The third-order valence-electron chi connectivity index (χ3n) is 30.7. The van der Waals surface area contributed by atoms with Gasteiger partial charge in [-0.1, -0.05) is 413 Å². The molecule has 2 unspecified atom stereocenters. The summed E-state index contributed by atoms with van der Waals surface area (Å²) in [5.41, 5.74) is 33.7. The second-order valence-corrected chi connectivity index (χ2v) is 38.3. The zero-order valence-corrected chi connectivity index (χ0v) is 78.9. The van der Waals surface area contributed by atoms with E-state index >= 15 is 0 Å². The average molecular weight is 1880 g/mol. The third kappa shape index (κ3) is 12.5. The van der Waals surface area contributed by atoms with Crippen LogP contribution < -0.4 is 14.2 Å². The van der Waals surface area contributed by atoms with Crippen LogP contribution in [-0.4, -0.2) is 49.8 Å². The van der Waals surface area contributed by atoms with Gasteiger partial charge in [-0.15, -0.1) is 0 Å². The zero-order valence-electron chi connectivity index (χ0n) is 78.9. The van der Waals surface area contributed by atoms with Gasteiger partial charge < -0.3 is 19.2 Å². The van der Waals surface area contributed by atoms with Crippen molar-refractivity contribution in [2.45, 2.75) is 16.2 Å². The van der Waals surface area contributed by atoms with Crippen molar-refractivity contribution in [1.29, 1.82) is 0 Å². The minimum Gasteiger partial charge on any atom is -0.456 e. The lowest BCUT2D eigenvalue weighted by Gasteiger charge is -2.40. The zero-order chi connectivity index (χ0) is 96.6. The van der Waals surface area contributed by atoms with E-state index in [4.69, 9.17) is 59.1 Å². The van der Waals surface area contributed by atoms with Gasteiger partial charge in [0.2, 0.25) is 0 Å². The Morgan fingerprint density at radius 3 is 0.952 bits per heavy atom. The van der Waals surface area contributed by atoms with Crippen LogP contribution in [0.3, 0.4) is 0 Å². The largest absolute Gasteiger partial charge is 0.456 e. The second kappa shape index (κ2) is 32.7. The molecule has 30 rings (SSSR count). The Kier molecular flexibility index (Phi) is 18.5. The summed E-state index contributed by atoms with van der Waals surface area (Å²) >= 11 is 0. The second-order valence-electron chi connectivity index (χ2n) is 38.3. The first-order valence-corrected chi connectivity index (χ1v) is 49.7. The Balaban J connectivity index is 0.513. The van der Waals surface area contributed by atoms with E-state index in [2.05, 4.69) is 411 Å². The molecule has 0 saturated carbocycles. The van der Waals surface area contributed by atoms with Gasteiger partial charge in [0.1, 0.15) is 34.5 Å². The Hall–Kier alpha value is -19.6. The number of benzene rings is 20. The highest BCUT2D eigenvalue weighted by molar-refractivity contribution is 6.04. The summed E-state index contributed by atoms with van der Waals surface area (Å²) in [6.07, 6.45) is 1.89. The van der Waals surface area contributed by atoms with Gasteiger partial charge in [0.05, 0.1) is 38.6 Å². The van der Waals surface area contributed by atoms with Gasteiger partial charge >= 0.3 is 0 Å². The molecule has 13 nitrogen and oxygen atoms in total. The molecule has 0 saturated heterocycles. The highest BCUT2D eigenvalue weighted by atomic mass is 16.5. The van der Waals surface area contributed by atoms with Crippen molar-refractivity contribution in [3.63, 3.8) is 0 Å². The number of ether oxygens (including phenoxy) is 3. The maximum absolute atomic E-state index is 7.48. The summed E-state index contributed by atoms with van der Waals surface area (Å²) in [7, 11) is 0. The van der Waals surface area contributed by atoms with Gasteiger partial charge in [0, 0.05) is 67.4 Å². The number of hydrogen-bond donors (Lipinski definition) is 1. The summed E-state index contributed by atoms with van der Waals surface area (Å²) in [5, 5.41) is 2.00. The van der Waals surface area contributed by atoms with Crippen LogP contribution >= 0.6 is 0 Å². The fourth-order valence-electron chi connectivity index (χ4n) is 24.5. The van der Waals surface area contributed by atoms with E-state index in [-0.39, 0.29) is 0 Å².